The number of hydrogen-bond acceptors (Lipinski definition) is 21. The zero-order valence-electron chi connectivity index (χ0n) is 40.9. The van der Waals surface area contributed by atoms with E-state index in [4.69, 9.17) is 33.3 Å². The van der Waals surface area contributed by atoms with Crippen molar-refractivity contribution in [1.82, 2.24) is 0 Å². The molecule has 0 amide bonds. The second-order valence-corrected chi connectivity index (χ2v) is 23.2. The summed E-state index contributed by atoms with van der Waals surface area (Å²) in [5.74, 6) is -0.995. The van der Waals surface area contributed by atoms with Crippen LogP contribution in [0, 0.1) is 45.3 Å². The maximum Gasteiger partial charge on any atom is 0.187 e. The lowest BCUT2D eigenvalue weighted by Gasteiger charge is -2.71. The van der Waals surface area contributed by atoms with E-state index in [-0.39, 0.29) is 42.9 Å². The van der Waals surface area contributed by atoms with Crippen molar-refractivity contribution in [3.05, 3.63) is 12.2 Å². The largest absolute Gasteiger partial charge is 0.394 e. The molecule has 0 radical (unpaired) electrons. The van der Waals surface area contributed by atoms with Crippen molar-refractivity contribution in [1.29, 1.82) is 0 Å². The fraction of sp³-hybridized carbons (Fsp3) is 0.958. The Morgan fingerprint density at radius 2 is 1.17 bits per heavy atom. The molecule has 3 aliphatic heterocycles. The van der Waals surface area contributed by atoms with E-state index in [1.165, 1.54) is 0 Å². The van der Waals surface area contributed by atoms with E-state index in [2.05, 4.69) is 27.4 Å². The maximum absolute atomic E-state index is 12.7. The first-order valence-electron chi connectivity index (χ1n) is 24.7. The molecule has 4 aliphatic carbocycles. The molecule has 3 saturated heterocycles. The molecule has 0 spiro atoms. The summed E-state index contributed by atoms with van der Waals surface area (Å²) in [7, 11) is 0. The van der Waals surface area contributed by atoms with Gasteiger partial charge in [0.25, 0.3) is 0 Å². The molecule has 69 heavy (non-hydrogen) atoms. The standard InChI is InChI=1S/C48H82O21/c1-20(2)24(69-62)10-14-48(8,68-42-38(61)35(58)32(55)26(18-50)64-42)21-9-12-47(7)30(21)22(52)15-29-45(5)16-23(53)40(44(3,4)28(45)11-13-46(29,47)6)67-43-39(36(59)33(56)27(19-51)65-43)66-41-37(60)34(57)31(54)25(17-49)63-41/h21-43,49-62H,1,9-19H2,2-8H3/t21-,22+,23+,24?,25+,26+,27+,28-,29+,30-,31+,32+,33+,34-,35-,36-,37+,38+,39+,40-,41-,42-,43-,45-,46+,47+,48+/m0/s1. The van der Waals surface area contributed by atoms with Crippen LogP contribution in [0.5, 0.6) is 0 Å². The summed E-state index contributed by atoms with van der Waals surface area (Å²) >= 11 is 0. The zero-order chi connectivity index (χ0) is 51.1. The topological polar surface area (TPSA) is 348 Å². The van der Waals surface area contributed by atoms with Gasteiger partial charge in [0.05, 0.1) is 43.7 Å². The molecule has 7 aliphatic rings. The lowest BCUT2D eigenvalue weighted by atomic mass is 9.35. The Hall–Kier alpha value is -1.10. The van der Waals surface area contributed by atoms with Crippen LogP contribution in [0.3, 0.4) is 0 Å². The molecule has 0 aromatic rings. The summed E-state index contributed by atoms with van der Waals surface area (Å²) in [6.07, 6.45) is -24.3. The quantitative estimate of drug-likeness (QED) is 0.0381. The Kier molecular flexibility index (Phi) is 16.6. The van der Waals surface area contributed by atoms with E-state index < -0.39 is 164 Å². The minimum atomic E-state index is -1.86. The fourth-order valence-corrected chi connectivity index (χ4v) is 15.2. The fourth-order valence-electron chi connectivity index (χ4n) is 15.2. The molecule has 21 heteroatoms. The molecule has 0 aromatic carbocycles. The molecule has 7 rings (SSSR count). The molecule has 1 unspecified atom stereocenters. The second-order valence-electron chi connectivity index (χ2n) is 23.2. The highest BCUT2D eigenvalue weighted by molar-refractivity contribution is 5.21. The van der Waals surface area contributed by atoms with Gasteiger partial charge in [-0.1, -0.05) is 41.2 Å². The third-order valence-corrected chi connectivity index (χ3v) is 19.1. The molecule has 27 atom stereocenters. The zero-order valence-corrected chi connectivity index (χ0v) is 40.9. The van der Waals surface area contributed by atoms with Gasteiger partial charge in [-0.2, -0.15) is 0 Å². The van der Waals surface area contributed by atoms with E-state index in [9.17, 15) is 71.6 Å². The first-order valence-corrected chi connectivity index (χ1v) is 24.7. The SMILES string of the molecule is C=C(C)C(CC[C@@](C)(O[C@@H]1O[C@H](CO)[C@@H](O)[C@H](O)[C@H]1O)[C@H]1CC[C@]2(C)[C@@H]1[C@H](O)C[C@@H]1[C@@]3(C)C[C@@H](O)[C@H](O[C@@H]4O[C@H](CO)[C@@H](O)[C@H](O)[C@H]4O[C@@H]4O[C@H](CO)[C@@H](O)[C@H](O)[C@H]4O)C(C)(C)[C@@H]3CC[C@]12C)OO. The van der Waals surface area contributed by atoms with Gasteiger partial charge in [-0.3, -0.25) is 5.26 Å². The van der Waals surface area contributed by atoms with Crippen LogP contribution in [0.1, 0.15) is 99.8 Å². The van der Waals surface area contributed by atoms with Crippen LogP contribution in [-0.4, -0.2) is 214 Å². The highest BCUT2D eigenvalue weighted by Crippen LogP contribution is 2.76. The first-order chi connectivity index (χ1) is 32.2. The molecule has 0 aromatic heterocycles. The minimum Gasteiger partial charge on any atom is -0.394 e. The van der Waals surface area contributed by atoms with Crippen molar-refractivity contribution in [2.45, 2.75) is 222 Å². The molecule has 400 valence electrons. The van der Waals surface area contributed by atoms with E-state index in [0.717, 1.165) is 6.42 Å². The van der Waals surface area contributed by atoms with Crippen molar-refractivity contribution < 1.29 is 105 Å². The molecular formula is C48H82O21. The number of ether oxygens (including phenoxy) is 6. The second kappa shape index (κ2) is 20.6. The van der Waals surface area contributed by atoms with Crippen molar-refractivity contribution in [2.24, 2.45) is 45.3 Å². The van der Waals surface area contributed by atoms with Crippen molar-refractivity contribution in [3.63, 3.8) is 0 Å². The Balaban J connectivity index is 1.16. The smallest absolute Gasteiger partial charge is 0.187 e. The van der Waals surface area contributed by atoms with Crippen LogP contribution in [0.2, 0.25) is 0 Å². The van der Waals surface area contributed by atoms with Crippen molar-refractivity contribution in [3.8, 4) is 0 Å². The van der Waals surface area contributed by atoms with Gasteiger partial charge in [0.1, 0.15) is 79.4 Å². The van der Waals surface area contributed by atoms with Crippen LogP contribution in [0.25, 0.3) is 0 Å². The summed E-state index contributed by atoms with van der Waals surface area (Å²) < 4.78 is 36.8. The normalized spacial score (nSPS) is 52.2. The molecule has 4 saturated carbocycles. The van der Waals surface area contributed by atoms with Crippen molar-refractivity contribution in [2.75, 3.05) is 19.8 Å². The van der Waals surface area contributed by atoms with E-state index >= 15 is 0 Å². The predicted octanol–water partition coefficient (Wildman–Crippen LogP) is -1.59. The maximum atomic E-state index is 12.7. The highest BCUT2D eigenvalue weighted by Gasteiger charge is 2.73. The van der Waals surface area contributed by atoms with Gasteiger partial charge in [-0.05, 0) is 116 Å². The minimum absolute atomic E-state index is 0.129. The van der Waals surface area contributed by atoms with Gasteiger partial charge < -0.3 is 94.8 Å². The number of aliphatic hydroxyl groups excluding tert-OH is 13. The number of rotatable bonds is 15. The number of aliphatic hydroxyl groups is 13. The monoisotopic (exact) mass is 995 g/mol. The lowest BCUT2D eigenvalue weighted by Crippen LogP contribution is -2.70. The third-order valence-electron chi connectivity index (χ3n) is 19.1. The van der Waals surface area contributed by atoms with Gasteiger partial charge in [-0.25, -0.2) is 4.89 Å². The van der Waals surface area contributed by atoms with E-state index in [1.807, 2.05) is 20.8 Å². The Morgan fingerprint density at radius 3 is 1.72 bits per heavy atom. The highest BCUT2D eigenvalue weighted by atomic mass is 17.1. The Morgan fingerprint density at radius 1 is 0.652 bits per heavy atom. The van der Waals surface area contributed by atoms with Gasteiger partial charge in [0.2, 0.25) is 0 Å². The van der Waals surface area contributed by atoms with Crippen LogP contribution >= 0.6 is 0 Å². The lowest BCUT2D eigenvalue weighted by molar-refractivity contribution is -0.383. The summed E-state index contributed by atoms with van der Waals surface area (Å²) in [5.41, 5.74) is -2.98. The average Bonchev–Trinajstić information content (AvgIpc) is 3.68. The molecular weight excluding hydrogens is 913 g/mol. The van der Waals surface area contributed by atoms with Crippen molar-refractivity contribution >= 4 is 0 Å². The van der Waals surface area contributed by atoms with Crippen LogP contribution in [0.15, 0.2) is 12.2 Å². The summed E-state index contributed by atoms with van der Waals surface area (Å²) in [5, 5.41) is 151. The van der Waals surface area contributed by atoms with Gasteiger partial charge in [0.15, 0.2) is 18.9 Å². The van der Waals surface area contributed by atoms with E-state index in [0.29, 0.717) is 31.3 Å². The molecule has 14 N–H and O–H groups in total. The Labute approximate surface area is 403 Å². The van der Waals surface area contributed by atoms with Crippen LogP contribution < -0.4 is 0 Å². The summed E-state index contributed by atoms with van der Waals surface area (Å²) in [6, 6.07) is 0. The third kappa shape index (κ3) is 9.32. The van der Waals surface area contributed by atoms with Gasteiger partial charge >= 0.3 is 0 Å². The number of hydrogen-bond donors (Lipinski definition) is 14. The predicted molar refractivity (Wildman–Crippen MR) is 238 cm³/mol. The average molecular weight is 995 g/mol. The van der Waals surface area contributed by atoms with Crippen LogP contribution in [-0.2, 0) is 33.3 Å². The molecule has 21 nitrogen and oxygen atoms in total. The van der Waals surface area contributed by atoms with Gasteiger partial charge in [0, 0.05) is 0 Å². The van der Waals surface area contributed by atoms with Crippen LogP contribution in [0.4, 0.5) is 0 Å². The van der Waals surface area contributed by atoms with E-state index in [1.54, 1.807) is 6.92 Å². The summed E-state index contributed by atoms with van der Waals surface area (Å²) in [4.78, 5) is 4.79. The summed E-state index contributed by atoms with van der Waals surface area (Å²) in [6.45, 7) is 16.0. The number of fused-ring (bicyclic) bond motifs is 5. The molecule has 3 heterocycles. The molecule has 0 bridgehead atoms. The van der Waals surface area contributed by atoms with Gasteiger partial charge in [-0.15, -0.1) is 0 Å². The molecule has 7 fully saturated rings. The first kappa shape index (κ1) is 55.6. The Bertz CT molecular complexity index is 1760.